The number of hydrogen-bond acceptors (Lipinski definition) is 2. The standard InChI is InChI=1S/C15H21F2NO/c1-10(2)15(5-6-15)9-18-8-14(19)11-3-4-12(16)13(17)7-11/h3-4,7,10,14,18-19H,5-6,8-9H2,1-2H3. The minimum Gasteiger partial charge on any atom is -0.387 e. The van der Waals surface area contributed by atoms with Crippen LogP contribution in [0.15, 0.2) is 18.2 Å². The second-order valence-corrected chi connectivity index (χ2v) is 5.84. The first kappa shape index (κ1) is 14.4. The molecule has 1 saturated carbocycles. The minimum atomic E-state index is -0.919. The van der Waals surface area contributed by atoms with Gasteiger partial charge in [0.2, 0.25) is 0 Å². The second kappa shape index (κ2) is 5.55. The quantitative estimate of drug-likeness (QED) is 0.832. The lowest BCUT2D eigenvalue weighted by Crippen LogP contribution is -2.30. The Hall–Kier alpha value is -1.00. The summed E-state index contributed by atoms with van der Waals surface area (Å²) in [5, 5.41) is 13.2. The smallest absolute Gasteiger partial charge is 0.159 e. The normalized spacial score (nSPS) is 18.6. The van der Waals surface area contributed by atoms with E-state index >= 15 is 0 Å². The van der Waals surface area contributed by atoms with Gasteiger partial charge in [0.05, 0.1) is 6.10 Å². The lowest BCUT2D eigenvalue weighted by molar-refractivity contribution is 0.168. The summed E-state index contributed by atoms with van der Waals surface area (Å²) < 4.78 is 25.9. The Morgan fingerprint density at radius 1 is 1.26 bits per heavy atom. The first-order chi connectivity index (χ1) is 8.94. The van der Waals surface area contributed by atoms with E-state index in [1.54, 1.807) is 0 Å². The van der Waals surface area contributed by atoms with Gasteiger partial charge in [0, 0.05) is 13.1 Å². The van der Waals surface area contributed by atoms with Crippen LogP contribution in [0.4, 0.5) is 8.78 Å². The molecule has 1 aliphatic carbocycles. The Labute approximate surface area is 112 Å². The molecule has 0 aromatic heterocycles. The molecule has 2 rings (SSSR count). The molecule has 1 atom stereocenters. The molecular weight excluding hydrogens is 248 g/mol. The van der Waals surface area contributed by atoms with Gasteiger partial charge in [-0.2, -0.15) is 0 Å². The van der Waals surface area contributed by atoms with Crippen molar-refractivity contribution < 1.29 is 13.9 Å². The van der Waals surface area contributed by atoms with E-state index in [4.69, 9.17) is 0 Å². The fourth-order valence-corrected chi connectivity index (χ4v) is 2.41. The van der Waals surface area contributed by atoms with Crippen molar-refractivity contribution in [2.24, 2.45) is 11.3 Å². The number of nitrogens with one attached hydrogen (secondary N) is 1. The molecule has 0 bridgehead atoms. The molecule has 1 fully saturated rings. The van der Waals surface area contributed by atoms with Gasteiger partial charge in [0.25, 0.3) is 0 Å². The van der Waals surface area contributed by atoms with Crippen molar-refractivity contribution >= 4 is 0 Å². The molecule has 1 aromatic rings. The Kier molecular flexibility index (Phi) is 4.21. The summed E-state index contributed by atoms with van der Waals surface area (Å²) in [4.78, 5) is 0. The van der Waals surface area contributed by atoms with Crippen LogP contribution in [0.3, 0.4) is 0 Å². The number of rotatable bonds is 6. The molecule has 0 amide bonds. The van der Waals surface area contributed by atoms with Gasteiger partial charge in [-0.15, -0.1) is 0 Å². The Balaban J connectivity index is 1.84. The highest BCUT2D eigenvalue weighted by atomic mass is 19.2. The van der Waals surface area contributed by atoms with Crippen molar-refractivity contribution in [3.63, 3.8) is 0 Å². The van der Waals surface area contributed by atoms with Gasteiger partial charge < -0.3 is 10.4 Å². The number of benzene rings is 1. The van der Waals surface area contributed by atoms with Gasteiger partial charge in [0.15, 0.2) is 11.6 Å². The first-order valence-corrected chi connectivity index (χ1v) is 6.78. The molecule has 0 aliphatic heterocycles. The lowest BCUT2D eigenvalue weighted by atomic mass is 9.92. The molecule has 2 N–H and O–H groups in total. The summed E-state index contributed by atoms with van der Waals surface area (Å²) in [5.74, 6) is -1.18. The number of halogens is 2. The third-order valence-corrected chi connectivity index (χ3v) is 4.26. The van der Waals surface area contributed by atoms with Crippen LogP contribution >= 0.6 is 0 Å². The van der Waals surface area contributed by atoms with E-state index in [9.17, 15) is 13.9 Å². The maximum absolute atomic E-state index is 13.1. The Morgan fingerprint density at radius 3 is 2.47 bits per heavy atom. The Bertz CT molecular complexity index is 444. The molecule has 106 valence electrons. The zero-order chi connectivity index (χ0) is 14.0. The molecule has 0 heterocycles. The molecule has 0 saturated heterocycles. The van der Waals surface area contributed by atoms with E-state index in [-0.39, 0.29) is 0 Å². The highest BCUT2D eigenvalue weighted by Crippen LogP contribution is 2.51. The second-order valence-electron chi connectivity index (χ2n) is 5.84. The third-order valence-electron chi connectivity index (χ3n) is 4.26. The average molecular weight is 269 g/mol. The zero-order valence-electron chi connectivity index (χ0n) is 11.4. The lowest BCUT2D eigenvalue weighted by Gasteiger charge is -2.21. The van der Waals surface area contributed by atoms with Crippen LogP contribution in [0, 0.1) is 23.0 Å². The van der Waals surface area contributed by atoms with E-state index in [2.05, 4.69) is 19.2 Å². The highest BCUT2D eigenvalue weighted by molar-refractivity contribution is 5.20. The molecule has 1 aromatic carbocycles. The molecule has 1 aliphatic rings. The van der Waals surface area contributed by atoms with Crippen molar-refractivity contribution in [2.75, 3.05) is 13.1 Å². The van der Waals surface area contributed by atoms with Crippen LogP contribution in [0.25, 0.3) is 0 Å². The van der Waals surface area contributed by atoms with Gasteiger partial charge in [0.1, 0.15) is 0 Å². The van der Waals surface area contributed by atoms with E-state index in [1.165, 1.54) is 18.9 Å². The molecule has 19 heavy (non-hydrogen) atoms. The molecule has 1 unspecified atom stereocenters. The van der Waals surface area contributed by atoms with Crippen LogP contribution in [0.5, 0.6) is 0 Å². The maximum Gasteiger partial charge on any atom is 0.159 e. The molecule has 2 nitrogen and oxygen atoms in total. The van der Waals surface area contributed by atoms with E-state index < -0.39 is 17.7 Å². The molecule has 0 radical (unpaired) electrons. The van der Waals surface area contributed by atoms with E-state index in [0.29, 0.717) is 23.4 Å². The van der Waals surface area contributed by atoms with Gasteiger partial charge >= 0.3 is 0 Å². The number of aliphatic hydroxyl groups excluding tert-OH is 1. The number of aliphatic hydroxyl groups is 1. The molecule has 0 spiro atoms. The predicted octanol–water partition coefficient (Wildman–Crippen LogP) is 3.02. The topological polar surface area (TPSA) is 32.3 Å². The zero-order valence-corrected chi connectivity index (χ0v) is 11.4. The van der Waals surface area contributed by atoms with Crippen molar-refractivity contribution in [3.05, 3.63) is 35.4 Å². The van der Waals surface area contributed by atoms with Crippen molar-refractivity contribution in [3.8, 4) is 0 Å². The van der Waals surface area contributed by atoms with Crippen LogP contribution < -0.4 is 5.32 Å². The summed E-state index contributed by atoms with van der Waals surface area (Å²) >= 11 is 0. The average Bonchev–Trinajstić information content (AvgIpc) is 3.13. The number of hydrogen-bond donors (Lipinski definition) is 2. The highest BCUT2D eigenvalue weighted by Gasteiger charge is 2.44. The van der Waals surface area contributed by atoms with Gasteiger partial charge in [-0.1, -0.05) is 19.9 Å². The monoisotopic (exact) mass is 269 g/mol. The maximum atomic E-state index is 13.1. The Morgan fingerprint density at radius 2 is 1.95 bits per heavy atom. The van der Waals surface area contributed by atoms with Gasteiger partial charge in [-0.25, -0.2) is 8.78 Å². The third kappa shape index (κ3) is 3.31. The fraction of sp³-hybridized carbons (Fsp3) is 0.600. The summed E-state index contributed by atoms with van der Waals surface area (Å²) in [6.45, 7) is 5.64. The summed E-state index contributed by atoms with van der Waals surface area (Å²) in [6.07, 6.45) is 1.63. The minimum absolute atomic E-state index is 0.361. The van der Waals surface area contributed by atoms with E-state index in [0.717, 1.165) is 18.7 Å². The first-order valence-electron chi connectivity index (χ1n) is 6.78. The predicted molar refractivity (Wildman–Crippen MR) is 70.7 cm³/mol. The SMILES string of the molecule is CC(C)C1(CNCC(O)c2ccc(F)c(F)c2)CC1. The summed E-state index contributed by atoms with van der Waals surface area (Å²) in [5.41, 5.74) is 0.772. The van der Waals surface area contributed by atoms with Crippen molar-refractivity contribution in [1.29, 1.82) is 0 Å². The molecular formula is C15H21F2NO. The summed E-state index contributed by atoms with van der Waals surface area (Å²) in [7, 11) is 0. The molecule has 4 heteroatoms. The van der Waals surface area contributed by atoms with Crippen LogP contribution in [-0.2, 0) is 0 Å². The van der Waals surface area contributed by atoms with Gasteiger partial charge in [-0.3, -0.25) is 0 Å². The van der Waals surface area contributed by atoms with Crippen molar-refractivity contribution in [1.82, 2.24) is 5.32 Å². The largest absolute Gasteiger partial charge is 0.387 e. The van der Waals surface area contributed by atoms with E-state index in [1.807, 2.05) is 0 Å². The van der Waals surface area contributed by atoms with Crippen LogP contribution in [0.2, 0.25) is 0 Å². The van der Waals surface area contributed by atoms with Crippen LogP contribution in [-0.4, -0.2) is 18.2 Å². The van der Waals surface area contributed by atoms with Gasteiger partial charge in [-0.05, 0) is 41.9 Å². The van der Waals surface area contributed by atoms with Crippen molar-refractivity contribution in [2.45, 2.75) is 32.8 Å². The fourth-order valence-electron chi connectivity index (χ4n) is 2.41. The summed E-state index contributed by atoms with van der Waals surface area (Å²) in [6, 6.07) is 3.52. The van der Waals surface area contributed by atoms with Crippen LogP contribution in [0.1, 0.15) is 38.4 Å².